The summed E-state index contributed by atoms with van der Waals surface area (Å²) in [7, 11) is 0. The Labute approximate surface area is 147 Å². The fourth-order valence-electron chi connectivity index (χ4n) is 1.93. The first-order chi connectivity index (χ1) is 11.1. The molecule has 0 saturated carbocycles. The zero-order valence-corrected chi connectivity index (χ0v) is 14.7. The molecular weight excluding hydrogens is 384 g/mol. The van der Waals surface area contributed by atoms with Crippen LogP contribution in [0.4, 0.5) is 0 Å². The molecule has 1 aliphatic heterocycles. The highest BCUT2D eigenvalue weighted by molar-refractivity contribution is 9.10. The van der Waals surface area contributed by atoms with E-state index in [2.05, 4.69) is 38.7 Å². The first-order valence-electron chi connectivity index (χ1n) is 6.92. The molecule has 0 atom stereocenters. The second-order valence-electron chi connectivity index (χ2n) is 4.71. The van der Waals surface area contributed by atoms with E-state index in [1.54, 1.807) is 17.2 Å². The molecule has 1 heterocycles. The summed E-state index contributed by atoms with van der Waals surface area (Å²) < 4.78 is 11.5. The second kappa shape index (κ2) is 8.80. The average molecular weight is 401 g/mol. The van der Waals surface area contributed by atoms with E-state index in [0.717, 1.165) is 10.0 Å². The van der Waals surface area contributed by atoms with Crippen LogP contribution in [0.1, 0.15) is 5.56 Å². The maximum absolute atomic E-state index is 12.0. The number of nitrogens with zero attached hydrogens (tertiary/aromatic N) is 2. The molecule has 1 fully saturated rings. The van der Waals surface area contributed by atoms with E-state index in [9.17, 15) is 4.79 Å². The maximum atomic E-state index is 12.0. The van der Waals surface area contributed by atoms with Gasteiger partial charge in [0.25, 0.3) is 5.91 Å². The molecular formula is C14H17BrN4O3S. The number of thiocarbonyl (C=S) groups is 1. The molecule has 0 aromatic heterocycles. The van der Waals surface area contributed by atoms with Crippen molar-refractivity contribution in [2.45, 2.75) is 0 Å². The molecule has 3 N–H and O–H groups in total. The molecule has 0 bridgehead atoms. The fourth-order valence-corrected chi connectivity index (χ4v) is 2.49. The van der Waals surface area contributed by atoms with E-state index in [0.29, 0.717) is 32.1 Å². The number of amides is 1. The Morgan fingerprint density at radius 1 is 1.52 bits per heavy atom. The Morgan fingerprint density at radius 2 is 2.26 bits per heavy atom. The summed E-state index contributed by atoms with van der Waals surface area (Å²) in [5.74, 6) is 0.539. The Morgan fingerprint density at radius 3 is 2.91 bits per heavy atom. The largest absolute Gasteiger partial charge is 0.483 e. The molecule has 7 nitrogen and oxygen atoms in total. The van der Waals surface area contributed by atoms with Gasteiger partial charge in [-0.2, -0.15) is 5.10 Å². The number of ether oxygens (including phenoxy) is 2. The first-order valence-corrected chi connectivity index (χ1v) is 8.13. The lowest BCUT2D eigenvalue weighted by atomic mass is 10.2. The smallest absolute Gasteiger partial charge is 0.260 e. The van der Waals surface area contributed by atoms with Crippen LogP contribution in [0.25, 0.3) is 0 Å². The Kier molecular flexibility index (Phi) is 6.75. The van der Waals surface area contributed by atoms with Gasteiger partial charge in [0.1, 0.15) is 5.75 Å². The standard InChI is InChI=1S/C14H17BrN4O3S/c15-11-7-10(8-17-18-14(16)23)1-2-12(11)22-9-13(20)19-3-5-21-6-4-19/h1-2,7-8H,3-6,9H2,(H3,16,18,23). The number of nitrogens with two attached hydrogens (primary N) is 1. The SMILES string of the molecule is NC(=S)NN=Cc1ccc(OCC(=O)N2CCOCC2)c(Br)c1. The zero-order valence-electron chi connectivity index (χ0n) is 12.3. The number of hydrazone groups is 1. The molecule has 2 rings (SSSR count). The fraction of sp³-hybridized carbons (Fsp3) is 0.357. The highest BCUT2D eigenvalue weighted by Crippen LogP contribution is 2.25. The van der Waals surface area contributed by atoms with Crippen LogP contribution in [-0.2, 0) is 9.53 Å². The molecule has 9 heteroatoms. The Bertz CT molecular complexity index is 606. The van der Waals surface area contributed by atoms with Crippen molar-refractivity contribution in [1.29, 1.82) is 0 Å². The molecule has 0 unspecified atom stereocenters. The lowest BCUT2D eigenvalue weighted by Gasteiger charge is -2.26. The summed E-state index contributed by atoms with van der Waals surface area (Å²) >= 11 is 8.06. The number of benzene rings is 1. The third-order valence-electron chi connectivity index (χ3n) is 3.06. The van der Waals surface area contributed by atoms with Crippen LogP contribution in [0, 0.1) is 0 Å². The van der Waals surface area contributed by atoms with Gasteiger partial charge in [-0.25, -0.2) is 0 Å². The highest BCUT2D eigenvalue weighted by Gasteiger charge is 2.17. The number of morpholine rings is 1. The van der Waals surface area contributed by atoms with E-state index in [1.165, 1.54) is 0 Å². The van der Waals surface area contributed by atoms with Crippen molar-refractivity contribution in [2.75, 3.05) is 32.9 Å². The van der Waals surface area contributed by atoms with Gasteiger partial charge in [0, 0.05) is 13.1 Å². The number of halogens is 1. The second-order valence-corrected chi connectivity index (χ2v) is 6.00. The van der Waals surface area contributed by atoms with Crippen LogP contribution in [-0.4, -0.2) is 55.0 Å². The van der Waals surface area contributed by atoms with Gasteiger partial charge in [-0.1, -0.05) is 0 Å². The minimum Gasteiger partial charge on any atom is -0.483 e. The number of rotatable bonds is 5. The van der Waals surface area contributed by atoms with Crippen molar-refractivity contribution >= 4 is 45.4 Å². The summed E-state index contributed by atoms with van der Waals surface area (Å²) in [4.78, 5) is 13.8. The van der Waals surface area contributed by atoms with E-state index in [4.69, 9.17) is 15.2 Å². The van der Waals surface area contributed by atoms with Crippen LogP contribution in [0.2, 0.25) is 0 Å². The number of hydrogen-bond donors (Lipinski definition) is 2. The molecule has 1 aromatic rings. The van der Waals surface area contributed by atoms with Crippen molar-refractivity contribution in [1.82, 2.24) is 10.3 Å². The van der Waals surface area contributed by atoms with Gasteiger partial charge in [0.2, 0.25) is 0 Å². The predicted molar refractivity (Wildman–Crippen MR) is 94.6 cm³/mol. The van der Waals surface area contributed by atoms with E-state index < -0.39 is 0 Å². The molecule has 124 valence electrons. The van der Waals surface area contributed by atoms with E-state index >= 15 is 0 Å². The average Bonchev–Trinajstić information content (AvgIpc) is 2.54. The molecule has 0 radical (unpaired) electrons. The Balaban J connectivity index is 1.89. The molecule has 0 aliphatic carbocycles. The van der Waals surface area contributed by atoms with Gasteiger partial charge in [-0.15, -0.1) is 0 Å². The van der Waals surface area contributed by atoms with Crippen molar-refractivity contribution < 1.29 is 14.3 Å². The third kappa shape index (κ3) is 5.77. The molecule has 1 saturated heterocycles. The van der Waals surface area contributed by atoms with Crippen LogP contribution in [0.5, 0.6) is 5.75 Å². The topological polar surface area (TPSA) is 89.2 Å². The van der Waals surface area contributed by atoms with Gasteiger partial charge in [0.05, 0.1) is 23.9 Å². The minimum atomic E-state index is -0.0495. The lowest BCUT2D eigenvalue weighted by molar-refractivity contribution is -0.137. The van der Waals surface area contributed by atoms with Crippen LogP contribution in [0.3, 0.4) is 0 Å². The van der Waals surface area contributed by atoms with Crippen LogP contribution >= 0.6 is 28.1 Å². The number of carbonyl (C=O) groups is 1. The predicted octanol–water partition coefficient (Wildman–Crippen LogP) is 0.854. The van der Waals surface area contributed by atoms with Crippen LogP contribution in [0.15, 0.2) is 27.8 Å². The zero-order chi connectivity index (χ0) is 16.7. The summed E-state index contributed by atoms with van der Waals surface area (Å²) in [6.45, 7) is 2.35. The minimum absolute atomic E-state index is 0.00493. The monoisotopic (exact) mass is 400 g/mol. The molecule has 1 aromatic carbocycles. The summed E-state index contributed by atoms with van der Waals surface area (Å²) in [5, 5.41) is 3.97. The maximum Gasteiger partial charge on any atom is 0.260 e. The van der Waals surface area contributed by atoms with E-state index in [1.807, 2.05) is 12.1 Å². The molecule has 1 aliphatic rings. The summed E-state index contributed by atoms with van der Waals surface area (Å²) in [5.41, 5.74) is 8.58. The van der Waals surface area contributed by atoms with Crippen molar-refractivity contribution in [3.63, 3.8) is 0 Å². The Hall–Kier alpha value is -1.71. The third-order valence-corrected chi connectivity index (χ3v) is 3.77. The van der Waals surface area contributed by atoms with E-state index in [-0.39, 0.29) is 17.6 Å². The van der Waals surface area contributed by atoms with Gasteiger partial charge < -0.3 is 20.1 Å². The molecule has 23 heavy (non-hydrogen) atoms. The quantitative estimate of drug-likeness (QED) is 0.432. The number of nitrogens with one attached hydrogen (secondary N) is 1. The normalized spacial score (nSPS) is 14.7. The number of carbonyl (C=O) groups excluding carboxylic acids is 1. The molecule has 1 amide bonds. The van der Waals surface area contributed by atoms with Crippen LogP contribution < -0.4 is 15.9 Å². The van der Waals surface area contributed by atoms with Gasteiger partial charge >= 0.3 is 0 Å². The summed E-state index contributed by atoms with van der Waals surface area (Å²) in [6, 6.07) is 5.39. The van der Waals surface area contributed by atoms with Crippen molar-refractivity contribution in [3.8, 4) is 5.75 Å². The summed E-state index contributed by atoms with van der Waals surface area (Å²) in [6.07, 6.45) is 1.58. The van der Waals surface area contributed by atoms with Crippen molar-refractivity contribution in [2.24, 2.45) is 10.8 Å². The highest BCUT2D eigenvalue weighted by atomic mass is 79.9. The first kappa shape index (κ1) is 17.6. The van der Waals surface area contributed by atoms with Gasteiger partial charge in [-0.05, 0) is 51.9 Å². The number of hydrogen-bond acceptors (Lipinski definition) is 5. The van der Waals surface area contributed by atoms with Gasteiger partial charge in [-0.3, -0.25) is 10.2 Å². The van der Waals surface area contributed by atoms with Crippen molar-refractivity contribution in [3.05, 3.63) is 28.2 Å². The molecule has 0 spiro atoms. The van der Waals surface area contributed by atoms with Gasteiger partial charge in [0.15, 0.2) is 11.7 Å². The lowest BCUT2D eigenvalue weighted by Crippen LogP contribution is -2.43.